The summed E-state index contributed by atoms with van der Waals surface area (Å²) in [6.45, 7) is 2.88. The molecule has 5 nitrogen and oxygen atoms in total. The average molecular weight is 443 g/mol. The molecule has 0 N–H and O–H groups in total. The number of benzene rings is 3. The number of para-hydroxylation sites is 1. The molecule has 3 aromatic carbocycles. The number of nitrogens with zero attached hydrogens (tertiary/aromatic N) is 2. The van der Waals surface area contributed by atoms with E-state index in [9.17, 15) is 0 Å². The molecule has 0 saturated carbocycles. The second-order valence-corrected chi connectivity index (χ2v) is 8.49. The van der Waals surface area contributed by atoms with Gasteiger partial charge in [-0.2, -0.15) is 5.10 Å². The molecule has 170 valence electrons. The largest absolute Gasteiger partial charge is 0.493 e. The number of ether oxygens (including phenoxy) is 3. The molecule has 0 saturated heterocycles. The van der Waals surface area contributed by atoms with Crippen LogP contribution in [0.2, 0.25) is 0 Å². The van der Waals surface area contributed by atoms with Crippen LogP contribution < -0.4 is 14.2 Å². The number of methoxy groups -OCH3 is 1. The van der Waals surface area contributed by atoms with Gasteiger partial charge in [0.15, 0.2) is 11.5 Å². The van der Waals surface area contributed by atoms with Crippen molar-refractivity contribution in [3.63, 3.8) is 0 Å². The number of hydrogen-bond donors (Lipinski definition) is 0. The van der Waals surface area contributed by atoms with Crippen molar-refractivity contribution in [3.05, 3.63) is 89.5 Å². The minimum atomic E-state index is -0.339. The number of hydrogen-bond acceptors (Lipinski definition) is 5. The summed E-state index contributed by atoms with van der Waals surface area (Å²) in [5.41, 5.74) is 4.39. The highest BCUT2D eigenvalue weighted by molar-refractivity contribution is 6.01. The number of unbranched alkanes of at least 4 members (excludes halogenated alkanes) is 2. The summed E-state index contributed by atoms with van der Waals surface area (Å²) in [6.07, 6.45) is 3.87. The molecule has 0 spiro atoms. The minimum absolute atomic E-state index is 0.131. The Balaban J connectivity index is 1.47. The van der Waals surface area contributed by atoms with Crippen LogP contribution in [0.5, 0.6) is 17.2 Å². The highest BCUT2D eigenvalue weighted by atomic mass is 16.5. The van der Waals surface area contributed by atoms with Crippen LogP contribution >= 0.6 is 0 Å². The molecule has 0 aromatic heterocycles. The zero-order valence-corrected chi connectivity index (χ0v) is 19.2. The van der Waals surface area contributed by atoms with E-state index in [0.29, 0.717) is 6.61 Å². The predicted octanol–water partition coefficient (Wildman–Crippen LogP) is 6.51. The third-order valence-corrected chi connectivity index (χ3v) is 6.28. The molecule has 0 radical (unpaired) electrons. The van der Waals surface area contributed by atoms with Gasteiger partial charge in [0.05, 0.1) is 25.5 Å². The number of rotatable bonds is 8. The van der Waals surface area contributed by atoms with Gasteiger partial charge in [-0.15, -0.1) is 0 Å². The third-order valence-electron chi connectivity index (χ3n) is 6.28. The molecule has 0 unspecified atom stereocenters. The van der Waals surface area contributed by atoms with E-state index in [2.05, 4.69) is 54.4 Å². The van der Waals surface area contributed by atoms with E-state index in [-0.39, 0.29) is 12.3 Å². The van der Waals surface area contributed by atoms with Gasteiger partial charge in [-0.1, -0.05) is 68.3 Å². The van der Waals surface area contributed by atoms with E-state index in [0.717, 1.165) is 53.3 Å². The summed E-state index contributed by atoms with van der Waals surface area (Å²) in [5.74, 6) is 2.39. The van der Waals surface area contributed by atoms with Crippen LogP contribution in [0.3, 0.4) is 0 Å². The first kappa shape index (κ1) is 21.4. The first-order valence-electron chi connectivity index (χ1n) is 11.8. The predicted molar refractivity (Wildman–Crippen MR) is 130 cm³/mol. The van der Waals surface area contributed by atoms with Crippen molar-refractivity contribution in [1.29, 1.82) is 0 Å². The van der Waals surface area contributed by atoms with E-state index < -0.39 is 0 Å². The summed E-state index contributed by atoms with van der Waals surface area (Å²) in [4.78, 5) is 0. The molecule has 2 atom stereocenters. The Morgan fingerprint density at radius 3 is 2.61 bits per heavy atom. The lowest BCUT2D eigenvalue weighted by atomic mass is 9.96. The lowest BCUT2D eigenvalue weighted by Gasteiger charge is -2.38. The Labute approximate surface area is 195 Å². The van der Waals surface area contributed by atoms with Crippen LogP contribution in [0.1, 0.15) is 61.6 Å². The van der Waals surface area contributed by atoms with Crippen LogP contribution in [0.15, 0.2) is 77.9 Å². The monoisotopic (exact) mass is 442 g/mol. The summed E-state index contributed by atoms with van der Waals surface area (Å²) >= 11 is 0. The van der Waals surface area contributed by atoms with Gasteiger partial charge in [0.1, 0.15) is 5.75 Å². The molecular formula is C28H30N2O3. The summed E-state index contributed by atoms with van der Waals surface area (Å²) in [5, 5.41) is 7.14. The maximum Gasteiger partial charge on any atom is 0.214 e. The van der Waals surface area contributed by atoms with Crippen LogP contribution in [-0.2, 0) is 0 Å². The topological polar surface area (TPSA) is 43.3 Å². The van der Waals surface area contributed by atoms with Gasteiger partial charge in [-0.25, -0.2) is 5.01 Å². The normalized spacial score (nSPS) is 18.7. The van der Waals surface area contributed by atoms with Gasteiger partial charge in [-0.3, -0.25) is 0 Å². The second kappa shape index (κ2) is 9.57. The van der Waals surface area contributed by atoms with Crippen molar-refractivity contribution in [3.8, 4) is 17.2 Å². The third kappa shape index (κ3) is 4.28. The van der Waals surface area contributed by atoms with Crippen molar-refractivity contribution in [1.82, 2.24) is 5.01 Å². The lowest BCUT2D eigenvalue weighted by Crippen LogP contribution is -2.33. The van der Waals surface area contributed by atoms with Gasteiger partial charge in [0.2, 0.25) is 6.23 Å². The van der Waals surface area contributed by atoms with E-state index in [4.69, 9.17) is 19.3 Å². The first-order chi connectivity index (χ1) is 16.3. The number of hydrazone groups is 1. The van der Waals surface area contributed by atoms with Gasteiger partial charge in [-0.05, 0) is 36.2 Å². The zero-order chi connectivity index (χ0) is 22.6. The summed E-state index contributed by atoms with van der Waals surface area (Å²) in [7, 11) is 1.68. The molecule has 0 aliphatic carbocycles. The molecule has 5 rings (SSSR count). The molecule has 0 amide bonds. The highest BCUT2D eigenvalue weighted by Crippen LogP contribution is 2.48. The fourth-order valence-corrected chi connectivity index (χ4v) is 4.55. The fraction of sp³-hybridized carbons (Fsp3) is 0.321. The minimum Gasteiger partial charge on any atom is -0.493 e. The smallest absolute Gasteiger partial charge is 0.214 e. The van der Waals surface area contributed by atoms with Crippen molar-refractivity contribution in [2.24, 2.45) is 5.10 Å². The Morgan fingerprint density at radius 2 is 1.79 bits per heavy atom. The molecule has 3 aromatic rings. The van der Waals surface area contributed by atoms with Gasteiger partial charge in [0, 0.05) is 17.5 Å². The SMILES string of the molecule is CCCCCOc1ccc([C@@H]2Oc3ccccc3[C@@H]3CC(c4ccccc4)=NN32)cc1OC. The van der Waals surface area contributed by atoms with Crippen LogP contribution in [0.25, 0.3) is 0 Å². The van der Waals surface area contributed by atoms with Crippen LogP contribution in [0, 0.1) is 0 Å². The van der Waals surface area contributed by atoms with Crippen molar-refractivity contribution in [2.45, 2.75) is 44.9 Å². The van der Waals surface area contributed by atoms with Gasteiger partial charge >= 0.3 is 0 Å². The maximum atomic E-state index is 6.49. The molecule has 33 heavy (non-hydrogen) atoms. The maximum absolute atomic E-state index is 6.49. The Hall–Kier alpha value is -3.47. The zero-order valence-electron chi connectivity index (χ0n) is 19.2. The van der Waals surface area contributed by atoms with Crippen LogP contribution in [0.4, 0.5) is 0 Å². The van der Waals surface area contributed by atoms with E-state index in [1.165, 1.54) is 12.0 Å². The average Bonchev–Trinajstić information content (AvgIpc) is 3.33. The van der Waals surface area contributed by atoms with Gasteiger partial charge in [0.25, 0.3) is 0 Å². The number of fused-ring (bicyclic) bond motifs is 3. The second-order valence-electron chi connectivity index (χ2n) is 8.49. The van der Waals surface area contributed by atoms with Crippen molar-refractivity contribution in [2.75, 3.05) is 13.7 Å². The molecular weight excluding hydrogens is 412 g/mol. The Bertz CT molecular complexity index is 1130. The molecule has 0 bridgehead atoms. The summed E-state index contributed by atoms with van der Waals surface area (Å²) in [6, 6.07) is 24.8. The Morgan fingerprint density at radius 1 is 0.970 bits per heavy atom. The standard InChI is InChI=1S/C28H30N2O3/c1-3-4-10-17-32-26-16-15-21(18-27(26)31-2)28-30-24(22-13-8-9-14-25(22)33-28)19-23(29-30)20-11-6-5-7-12-20/h5-9,11-16,18,24,28H,3-4,10,17,19H2,1-2H3/t24-,28-/m0/s1. The molecule has 5 heteroatoms. The molecule has 2 aliphatic heterocycles. The van der Waals surface area contributed by atoms with E-state index in [1.807, 2.05) is 30.3 Å². The quantitative estimate of drug-likeness (QED) is 0.373. The van der Waals surface area contributed by atoms with Gasteiger partial charge < -0.3 is 14.2 Å². The summed E-state index contributed by atoms with van der Waals surface area (Å²) < 4.78 is 18.1. The first-order valence-corrected chi connectivity index (χ1v) is 11.8. The van der Waals surface area contributed by atoms with Crippen LogP contribution in [-0.4, -0.2) is 24.4 Å². The lowest BCUT2D eigenvalue weighted by molar-refractivity contribution is -0.0191. The molecule has 2 heterocycles. The highest BCUT2D eigenvalue weighted by Gasteiger charge is 2.41. The van der Waals surface area contributed by atoms with E-state index in [1.54, 1.807) is 7.11 Å². The van der Waals surface area contributed by atoms with E-state index >= 15 is 0 Å². The van der Waals surface area contributed by atoms with Crippen molar-refractivity contribution >= 4 is 5.71 Å². The molecule has 2 aliphatic rings. The van der Waals surface area contributed by atoms with Crippen molar-refractivity contribution < 1.29 is 14.2 Å². The Kier molecular flexibility index (Phi) is 6.20. The fourth-order valence-electron chi connectivity index (χ4n) is 4.55. The molecule has 0 fully saturated rings.